The van der Waals surface area contributed by atoms with Gasteiger partial charge in [0, 0.05) is 50.6 Å². The average molecular weight is 344 g/mol. The molecule has 2 aliphatic heterocycles. The molecule has 0 radical (unpaired) electrons. The molecule has 0 aromatic carbocycles. The second-order valence-corrected chi connectivity index (χ2v) is 6.81. The van der Waals surface area contributed by atoms with E-state index >= 15 is 0 Å². The molecular weight excluding hydrogens is 320 g/mol. The molecule has 4 rings (SSSR count). The first-order chi connectivity index (χ1) is 12.3. The van der Waals surface area contributed by atoms with E-state index in [-0.39, 0.29) is 12.1 Å². The Balaban J connectivity index is 1.38. The van der Waals surface area contributed by atoms with E-state index in [1.165, 1.54) is 0 Å². The molecule has 2 aliphatic rings. The highest BCUT2D eigenvalue weighted by Gasteiger charge is 2.29. The highest BCUT2D eigenvalue weighted by molar-refractivity contribution is 5.88. The van der Waals surface area contributed by atoms with Crippen molar-refractivity contribution in [2.75, 3.05) is 25.1 Å². The van der Waals surface area contributed by atoms with Gasteiger partial charge in [0.25, 0.3) is 0 Å². The van der Waals surface area contributed by atoms with Crippen LogP contribution in [0.25, 0.3) is 0 Å². The fourth-order valence-corrected chi connectivity index (χ4v) is 3.67. The van der Waals surface area contributed by atoms with Crippen LogP contribution in [0.5, 0.6) is 0 Å². The van der Waals surface area contributed by atoms with Crippen molar-refractivity contribution in [3.63, 3.8) is 0 Å². The number of urea groups is 1. The van der Waals surface area contributed by atoms with E-state index in [0.29, 0.717) is 5.92 Å². The summed E-state index contributed by atoms with van der Waals surface area (Å²) in [4.78, 5) is 18.8. The molecule has 0 aliphatic carbocycles. The maximum Gasteiger partial charge on any atom is 0.323 e. The van der Waals surface area contributed by atoms with Crippen LogP contribution in [0.1, 0.15) is 19.3 Å². The lowest BCUT2D eigenvalue weighted by molar-refractivity contribution is 0.181. The Morgan fingerprint density at radius 1 is 1.32 bits per heavy atom. The highest BCUT2D eigenvalue weighted by Crippen LogP contribution is 2.21. The number of imidazole rings is 1. The van der Waals surface area contributed by atoms with Crippen LogP contribution in [0.3, 0.4) is 0 Å². The molecule has 2 fully saturated rings. The van der Waals surface area contributed by atoms with E-state index in [0.717, 1.165) is 57.9 Å². The number of aromatic nitrogens is 4. The van der Waals surface area contributed by atoms with E-state index in [9.17, 15) is 4.79 Å². The van der Waals surface area contributed by atoms with Crippen molar-refractivity contribution in [2.24, 2.45) is 5.92 Å². The smallest absolute Gasteiger partial charge is 0.323 e. The number of amides is 2. The van der Waals surface area contributed by atoms with Gasteiger partial charge in [-0.25, -0.2) is 14.5 Å². The zero-order valence-corrected chi connectivity index (χ0v) is 14.3. The van der Waals surface area contributed by atoms with Crippen LogP contribution in [0, 0.1) is 5.92 Å². The number of likely N-dealkylation sites (tertiary alicyclic amines) is 1. The molecule has 2 aromatic heterocycles. The fourth-order valence-electron chi connectivity index (χ4n) is 3.67. The molecule has 0 bridgehead atoms. The molecule has 0 saturated carbocycles. The first-order valence-corrected chi connectivity index (χ1v) is 8.92. The first kappa shape index (κ1) is 16.1. The number of hydrogen-bond acceptors (Lipinski definition) is 4. The lowest BCUT2D eigenvalue weighted by Crippen LogP contribution is -2.41. The standard InChI is InChI=1S/C17H24N6O2/c24-17(22-7-1-2-15(22)11-21-8-6-18-13-21)20-16-3-5-19-23(16)10-14-4-9-25-12-14/h3,5-6,8,13-15H,1-2,4,7,9-12H2,(H,20,24)/t14-,15+/m1/s1. The maximum absolute atomic E-state index is 12.8. The van der Waals surface area contributed by atoms with E-state index < -0.39 is 0 Å². The van der Waals surface area contributed by atoms with Gasteiger partial charge in [-0.1, -0.05) is 0 Å². The summed E-state index contributed by atoms with van der Waals surface area (Å²) in [6.45, 7) is 3.94. The van der Waals surface area contributed by atoms with Gasteiger partial charge in [-0.05, 0) is 19.3 Å². The van der Waals surface area contributed by atoms with Gasteiger partial charge in [-0.2, -0.15) is 5.10 Å². The SMILES string of the molecule is O=C(Nc1ccnn1C[C@H]1CCOC1)N1CCC[C@H]1Cn1ccnc1. The van der Waals surface area contributed by atoms with Crippen molar-refractivity contribution in [3.05, 3.63) is 31.0 Å². The Labute approximate surface area is 146 Å². The van der Waals surface area contributed by atoms with Crippen molar-refractivity contribution >= 4 is 11.8 Å². The van der Waals surface area contributed by atoms with E-state index in [1.54, 1.807) is 18.7 Å². The molecule has 4 heterocycles. The lowest BCUT2D eigenvalue weighted by Gasteiger charge is -2.25. The van der Waals surface area contributed by atoms with Crippen molar-refractivity contribution in [1.82, 2.24) is 24.2 Å². The Hall–Kier alpha value is -2.35. The van der Waals surface area contributed by atoms with E-state index in [4.69, 9.17) is 4.74 Å². The Morgan fingerprint density at radius 3 is 3.08 bits per heavy atom. The van der Waals surface area contributed by atoms with Gasteiger partial charge in [0.2, 0.25) is 0 Å². The number of hydrogen-bond donors (Lipinski definition) is 1. The van der Waals surface area contributed by atoms with Crippen molar-refractivity contribution in [2.45, 2.75) is 38.4 Å². The van der Waals surface area contributed by atoms with Gasteiger partial charge < -0.3 is 14.2 Å². The quantitative estimate of drug-likeness (QED) is 0.897. The largest absolute Gasteiger partial charge is 0.381 e. The number of ether oxygens (including phenoxy) is 1. The Morgan fingerprint density at radius 2 is 2.28 bits per heavy atom. The summed E-state index contributed by atoms with van der Waals surface area (Å²) >= 11 is 0. The van der Waals surface area contributed by atoms with Gasteiger partial charge in [-0.15, -0.1) is 0 Å². The molecule has 2 amide bonds. The fraction of sp³-hybridized carbons (Fsp3) is 0.588. The number of nitrogens with zero attached hydrogens (tertiary/aromatic N) is 5. The average Bonchev–Trinajstić information content (AvgIpc) is 3.37. The zero-order chi connectivity index (χ0) is 17.1. The van der Waals surface area contributed by atoms with E-state index in [2.05, 4.69) is 15.4 Å². The summed E-state index contributed by atoms with van der Waals surface area (Å²) < 4.78 is 9.33. The predicted molar refractivity (Wildman–Crippen MR) is 92.1 cm³/mol. The summed E-state index contributed by atoms with van der Waals surface area (Å²) in [6.07, 6.45) is 10.3. The summed E-state index contributed by atoms with van der Waals surface area (Å²) in [7, 11) is 0. The monoisotopic (exact) mass is 344 g/mol. The van der Waals surface area contributed by atoms with Crippen molar-refractivity contribution < 1.29 is 9.53 Å². The van der Waals surface area contributed by atoms with Crippen LogP contribution in [0.4, 0.5) is 10.6 Å². The molecule has 1 N–H and O–H groups in total. The molecule has 0 spiro atoms. The third-order valence-corrected chi connectivity index (χ3v) is 5.03. The van der Waals surface area contributed by atoms with Gasteiger partial charge in [0.1, 0.15) is 5.82 Å². The Kier molecular flexibility index (Phi) is 4.69. The zero-order valence-electron chi connectivity index (χ0n) is 14.3. The summed E-state index contributed by atoms with van der Waals surface area (Å²) in [5, 5.41) is 7.39. The topological polar surface area (TPSA) is 77.2 Å². The van der Waals surface area contributed by atoms with Crippen LogP contribution < -0.4 is 5.32 Å². The molecule has 2 aromatic rings. The summed E-state index contributed by atoms with van der Waals surface area (Å²) in [5.74, 6) is 1.22. The van der Waals surface area contributed by atoms with Crippen molar-refractivity contribution in [3.8, 4) is 0 Å². The lowest BCUT2D eigenvalue weighted by atomic mass is 10.1. The van der Waals surface area contributed by atoms with Gasteiger partial charge in [-0.3, -0.25) is 5.32 Å². The normalized spacial score (nSPS) is 23.3. The third kappa shape index (κ3) is 3.68. The van der Waals surface area contributed by atoms with Crippen LogP contribution in [0.2, 0.25) is 0 Å². The second-order valence-electron chi connectivity index (χ2n) is 6.81. The predicted octanol–water partition coefficient (Wildman–Crippen LogP) is 1.81. The Bertz CT molecular complexity index is 692. The van der Waals surface area contributed by atoms with Crippen LogP contribution in [0.15, 0.2) is 31.0 Å². The minimum Gasteiger partial charge on any atom is -0.381 e. The number of anilines is 1. The molecule has 2 atom stereocenters. The molecule has 8 nitrogen and oxygen atoms in total. The highest BCUT2D eigenvalue weighted by atomic mass is 16.5. The minimum atomic E-state index is -0.0490. The minimum absolute atomic E-state index is 0.0490. The molecular formula is C17H24N6O2. The second kappa shape index (κ2) is 7.26. The van der Waals surface area contributed by atoms with Gasteiger partial charge in [0.15, 0.2) is 0 Å². The van der Waals surface area contributed by atoms with Crippen LogP contribution in [-0.2, 0) is 17.8 Å². The molecule has 25 heavy (non-hydrogen) atoms. The van der Waals surface area contributed by atoms with E-state index in [1.807, 2.05) is 26.4 Å². The number of carbonyl (C=O) groups excluding carboxylic acids is 1. The van der Waals surface area contributed by atoms with Gasteiger partial charge >= 0.3 is 6.03 Å². The van der Waals surface area contributed by atoms with Gasteiger partial charge in [0.05, 0.1) is 25.2 Å². The molecule has 2 saturated heterocycles. The third-order valence-electron chi connectivity index (χ3n) is 5.03. The molecule has 134 valence electrons. The number of rotatable bonds is 5. The maximum atomic E-state index is 12.8. The van der Waals surface area contributed by atoms with Crippen LogP contribution in [-0.4, -0.2) is 56.1 Å². The first-order valence-electron chi connectivity index (χ1n) is 8.92. The molecule has 0 unspecified atom stereocenters. The number of nitrogens with one attached hydrogen (secondary N) is 1. The summed E-state index contributed by atoms with van der Waals surface area (Å²) in [5.41, 5.74) is 0. The van der Waals surface area contributed by atoms with Crippen molar-refractivity contribution in [1.29, 1.82) is 0 Å². The van der Waals surface area contributed by atoms with Crippen LogP contribution >= 0.6 is 0 Å². The summed E-state index contributed by atoms with van der Waals surface area (Å²) in [6, 6.07) is 2.01. The number of carbonyl (C=O) groups is 1. The molecule has 8 heteroatoms.